The summed E-state index contributed by atoms with van der Waals surface area (Å²) in [6, 6.07) is 0. The first-order valence-corrected chi connectivity index (χ1v) is 6.74. The predicted octanol–water partition coefficient (Wildman–Crippen LogP) is 2.63. The first-order chi connectivity index (χ1) is 7.34. The molecule has 1 rings (SSSR count). The lowest BCUT2D eigenvalue weighted by atomic mass is 10.0. The standard InChI is InChI=1S/C14H30N2/c1-11(7-6-8-15)9-16-10-12-13(2,3)14(12,4)5/h11-12,16H,6-10,15H2,1-5H3. The van der Waals surface area contributed by atoms with E-state index in [1.54, 1.807) is 0 Å². The largest absolute Gasteiger partial charge is 0.330 e. The smallest absolute Gasteiger partial charge is 0.000977 e. The van der Waals surface area contributed by atoms with Crippen LogP contribution in [0.4, 0.5) is 0 Å². The first kappa shape index (κ1) is 14.0. The van der Waals surface area contributed by atoms with Gasteiger partial charge in [-0.1, -0.05) is 34.6 Å². The van der Waals surface area contributed by atoms with Crippen LogP contribution in [-0.4, -0.2) is 19.6 Å². The summed E-state index contributed by atoms with van der Waals surface area (Å²) < 4.78 is 0. The summed E-state index contributed by atoms with van der Waals surface area (Å²) in [5.74, 6) is 1.59. The van der Waals surface area contributed by atoms with Gasteiger partial charge < -0.3 is 11.1 Å². The Morgan fingerprint density at radius 3 is 2.19 bits per heavy atom. The van der Waals surface area contributed by atoms with E-state index < -0.39 is 0 Å². The highest BCUT2D eigenvalue weighted by molar-refractivity contribution is 5.12. The molecule has 0 aromatic rings. The van der Waals surface area contributed by atoms with Crippen LogP contribution in [0.3, 0.4) is 0 Å². The van der Waals surface area contributed by atoms with Gasteiger partial charge in [0.05, 0.1) is 0 Å². The normalized spacial score (nSPS) is 24.4. The van der Waals surface area contributed by atoms with E-state index in [2.05, 4.69) is 39.9 Å². The molecule has 0 saturated heterocycles. The van der Waals surface area contributed by atoms with Crippen molar-refractivity contribution in [3.8, 4) is 0 Å². The lowest BCUT2D eigenvalue weighted by Crippen LogP contribution is -2.25. The topological polar surface area (TPSA) is 38.0 Å². The number of hydrogen-bond acceptors (Lipinski definition) is 2. The van der Waals surface area contributed by atoms with Gasteiger partial charge in [0.1, 0.15) is 0 Å². The monoisotopic (exact) mass is 226 g/mol. The van der Waals surface area contributed by atoms with Gasteiger partial charge in [-0.3, -0.25) is 0 Å². The van der Waals surface area contributed by atoms with Crippen molar-refractivity contribution in [2.45, 2.75) is 47.5 Å². The molecule has 0 aromatic carbocycles. The number of nitrogens with one attached hydrogen (secondary N) is 1. The van der Waals surface area contributed by atoms with Crippen LogP contribution in [0, 0.1) is 22.7 Å². The third-order valence-electron chi connectivity index (χ3n) is 5.06. The Hall–Kier alpha value is -0.0800. The second-order valence-electron chi connectivity index (χ2n) is 6.69. The van der Waals surface area contributed by atoms with E-state index in [1.807, 2.05) is 0 Å². The third-order valence-corrected chi connectivity index (χ3v) is 5.06. The molecule has 1 fully saturated rings. The fourth-order valence-corrected chi connectivity index (χ4v) is 2.89. The van der Waals surface area contributed by atoms with Gasteiger partial charge >= 0.3 is 0 Å². The van der Waals surface area contributed by atoms with Crippen LogP contribution in [-0.2, 0) is 0 Å². The summed E-state index contributed by atoms with van der Waals surface area (Å²) in [4.78, 5) is 0. The second kappa shape index (κ2) is 5.05. The molecular formula is C14H30N2. The number of nitrogens with two attached hydrogens (primary N) is 1. The average Bonchev–Trinajstić information content (AvgIpc) is 2.57. The third kappa shape index (κ3) is 2.78. The predicted molar refractivity (Wildman–Crippen MR) is 71.4 cm³/mol. The molecule has 0 bridgehead atoms. The SMILES string of the molecule is CC(CCCN)CNCC1C(C)(C)C1(C)C. The van der Waals surface area contributed by atoms with Gasteiger partial charge in [0.2, 0.25) is 0 Å². The van der Waals surface area contributed by atoms with E-state index in [4.69, 9.17) is 5.73 Å². The van der Waals surface area contributed by atoms with Gasteiger partial charge in [0.25, 0.3) is 0 Å². The molecular weight excluding hydrogens is 196 g/mol. The van der Waals surface area contributed by atoms with Gasteiger partial charge in [-0.2, -0.15) is 0 Å². The zero-order valence-electron chi connectivity index (χ0n) is 11.8. The van der Waals surface area contributed by atoms with Crippen molar-refractivity contribution in [2.75, 3.05) is 19.6 Å². The molecule has 0 aromatic heterocycles. The van der Waals surface area contributed by atoms with Crippen LogP contribution >= 0.6 is 0 Å². The fraction of sp³-hybridized carbons (Fsp3) is 1.00. The van der Waals surface area contributed by atoms with Crippen molar-refractivity contribution < 1.29 is 0 Å². The van der Waals surface area contributed by atoms with Crippen LogP contribution in [0.2, 0.25) is 0 Å². The Balaban J connectivity index is 2.13. The second-order valence-corrected chi connectivity index (χ2v) is 6.69. The minimum atomic E-state index is 0.514. The fourth-order valence-electron chi connectivity index (χ4n) is 2.89. The van der Waals surface area contributed by atoms with E-state index in [-0.39, 0.29) is 0 Å². The molecule has 0 radical (unpaired) electrons. The minimum Gasteiger partial charge on any atom is -0.330 e. The van der Waals surface area contributed by atoms with Crippen LogP contribution in [0.15, 0.2) is 0 Å². The molecule has 1 unspecified atom stereocenters. The van der Waals surface area contributed by atoms with Crippen molar-refractivity contribution in [2.24, 2.45) is 28.4 Å². The van der Waals surface area contributed by atoms with Crippen molar-refractivity contribution in [3.63, 3.8) is 0 Å². The summed E-state index contributed by atoms with van der Waals surface area (Å²) in [6.45, 7) is 15.0. The van der Waals surface area contributed by atoms with Crippen molar-refractivity contribution in [3.05, 3.63) is 0 Å². The van der Waals surface area contributed by atoms with E-state index in [1.165, 1.54) is 13.0 Å². The van der Waals surface area contributed by atoms with Gasteiger partial charge in [-0.15, -0.1) is 0 Å². The summed E-state index contributed by atoms with van der Waals surface area (Å²) in [5, 5.41) is 3.63. The Morgan fingerprint density at radius 2 is 1.75 bits per heavy atom. The summed E-state index contributed by atoms with van der Waals surface area (Å²) >= 11 is 0. The van der Waals surface area contributed by atoms with E-state index >= 15 is 0 Å². The molecule has 1 aliphatic rings. The zero-order valence-corrected chi connectivity index (χ0v) is 11.8. The van der Waals surface area contributed by atoms with Gasteiger partial charge in [0, 0.05) is 0 Å². The Morgan fingerprint density at radius 1 is 1.19 bits per heavy atom. The van der Waals surface area contributed by atoms with Gasteiger partial charge in [-0.25, -0.2) is 0 Å². The highest BCUT2D eigenvalue weighted by Crippen LogP contribution is 2.67. The Kier molecular flexibility index (Phi) is 4.42. The maximum absolute atomic E-state index is 5.51. The van der Waals surface area contributed by atoms with E-state index in [0.717, 1.165) is 31.3 Å². The van der Waals surface area contributed by atoms with Crippen molar-refractivity contribution >= 4 is 0 Å². The number of hydrogen-bond donors (Lipinski definition) is 2. The maximum atomic E-state index is 5.51. The molecule has 96 valence electrons. The number of rotatable bonds is 7. The zero-order chi connectivity index (χ0) is 12.4. The van der Waals surface area contributed by atoms with Crippen molar-refractivity contribution in [1.82, 2.24) is 5.32 Å². The highest BCUT2D eigenvalue weighted by Gasteiger charge is 2.63. The molecule has 16 heavy (non-hydrogen) atoms. The highest BCUT2D eigenvalue weighted by atomic mass is 14.9. The lowest BCUT2D eigenvalue weighted by molar-refractivity contribution is 0.444. The molecule has 0 aliphatic heterocycles. The molecule has 2 heteroatoms. The van der Waals surface area contributed by atoms with Gasteiger partial charge in [-0.05, 0) is 55.1 Å². The summed E-state index contributed by atoms with van der Waals surface area (Å²) in [7, 11) is 0. The van der Waals surface area contributed by atoms with Crippen LogP contribution in [0.1, 0.15) is 47.5 Å². The minimum absolute atomic E-state index is 0.514. The van der Waals surface area contributed by atoms with Gasteiger partial charge in [0.15, 0.2) is 0 Å². The van der Waals surface area contributed by atoms with Crippen LogP contribution < -0.4 is 11.1 Å². The van der Waals surface area contributed by atoms with E-state index in [0.29, 0.717) is 10.8 Å². The molecule has 1 saturated carbocycles. The van der Waals surface area contributed by atoms with Crippen molar-refractivity contribution in [1.29, 1.82) is 0 Å². The Labute approximate surface area is 101 Å². The molecule has 2 nitrogen and oxygen atoms in total. The molecule has 0 amide bonds. The average molecular weight is 226 g/mol. The van der Waals surface area contributed by atoms with Crippen LogP contribution in [0.5, 0.6) is 0 Å². The summed E-state index contributed by atoms with van der Waals surface area (Å²) in [6.07, 6.45) is 2.41. The molecule has 0 heterocycles. The van der Waals surface area contributed by atoms with E-state index in [9.17, 15) is 0 Å². The Bertz CT molecular complexity index is 207. The lowest BCUT2D eigenvalue weighted by Gasteiger charge is -2.12. The summed E-state index contributed by atoms with van der Waals surface area (Å²) in [5.41, 5.74) is 6.54. The molecule has 3 N–H and O–H groups in total. The quantitative estimate of drug-likeness (QED) is 0.700. The van der Waals surface area contributed by atoms with Crippen LogP contribution in [0.25, 0.3) is 0 Å². The first-order valence-electron chi connectivity index (χ1n) is 6.74. The molecule has 0 spiro atoms. The molecule has 1 atom stereocenters. The molecule has 1 aliphatic carbocycles. The maximum Gasteiger partial charge on any atom is -0.000977 e.